The predicted molar refractivity (Wildman–Crippen MR) is 97.3 cm³/mol. The van der Waals surface area contributed by atoms with E-state index in [1.165, 1.54) is 0 Å². The van der Waals surface area contributed by atoms with Crippen LogP contribution in [0.15, 0.2) is 24.4 Å². The fourth-order valence-corrected chi connectivity index (χ4v) is 3.14. The number of ether oxygens (including phenoxy) is 3. The van der Waals surface area contributed by atoms with Gasteiger partial charge in [0.1, 0.15) is 16.9 Å². The lowest BCUT2D eigenvalue weighted by Gasteiger charge is -2.21. The summed E-state index contributed by atoms with van der Waals surface area (Å²) >= 11 is 0. The fraction of sp³-hybridized carbons (Fsp3) is 0.389. The molecular formula is C18H21N5O3. The first-order valence-electron chi connectivity index (χ1n) is 8.56. The number of aromatic amines is 1. The van der Waals surface area contributed by atoms with Gasteiger partial charge in [0.25, 0.3) is 0 Å². The summed E-state index contributed by atoms with van der Waals surface area (Å²) in [5.74, 6) is 3.15. The van der Waals surface area contributed by atoms with Crippen molar-refractivity contribution in [3.05, 3.63) is 30.2 Å². The topological polar surface area (TPSA) is 94.2 Å². The van der Waals surface area contributed by atoms with Crippen LogP contribution in [-0.4, -0.2) is 47.6 Å². The summed E-state index contributed by atoms with van der Waals surface area (Å²) in [6.45, 7) is 1.49. The number of hydrogen-bond acceptors (Lipinski definition) is 7. The van der Waals surface area contributed by atoms with Crippen molar-refractivity contribution in [1.82, 2.24) is 20.2 Å². The quantitative estimate of drug-likeness (QED) is 0.726. The van der Waals surface area contributed by atoms with Gasteiger partial charge in [-0.15, -0.1) is 0 Å². The van der Waals surface area contributed by atoms with E-state index in [9.17, 15) is 0 Å². The Morgan fingerprint density at radius 3 is 2.69 bits per heavy atom. The molecule has 1 aliphatic heterocycles. The summed E-state index contributed by atoms with van der Waals surface area (Å²) in [6.07, 6.45) is 3.58. The SMILES string of the molecule is COc1ccc(Nc2nc(C3CCOCC3)nc3cn[nH]c23)cc1OC. The minimum Gasteiger partial charge on any atom is -0.493 e. The largest absolute Gasteiger partial charge is 0.493 e. The van der Waals surface area contributed by atoms with Crippen LogP contribution in [0.2, 0.25) is 0 Å². The van der Waals surface area contributed by atoms with Crippen LogP contribution in [-0.2, 0) is 4.74 Å². The predicted octanol–water partition coefficient (Wildman–Crippen LogP) is 3.01. The lowest BCUT2D eigenvalue weighted by Crippen LogP contribution is -2.17. The van der Waals surface area contributed by atoms with E-state index < -0.39 is 0 Å². The van der Waals surface area contributed by atoms with Gasteiger partial charge in [-0.2, -0.15) is 5.10 Å². The maximum Gasteiger partial charge on any atom is 0.162 e. The Kier molecular flexibility index (Phi) is 4.57. The third-order valence-electron chi connectivity index (χ3n) is 4.55. The van der Waals surface area contributed by atoms with E-state index in [-0.39, 0.29) is 0 Å². The molecule has 0 atom stereocenters. The number of rotatable bonds is 5. The molecule has 0 radical (unpaired) electrons. The number of hydrogen-bond donors (Lipinski definition) is 2. The number of fused-ring (bicyclic) bond motifs is 1. The molecule has 0 bridgehead atoms. The molecule has 2 N–H and O–H groups in total. The maximum absolute atomic E-state index is 5.45. The minimum absolute atomic E-state index is 0.300. The zero-order chi connectivity index (χ0) is 17.9. The molecular weight excluding hydrogens is 334 g/mol. The van der Waals surface area contributed by atoms with Crippen LogP contribution in [0.4, 0.5) is 11.5 Å². The molecule has 8 nitrogen and oxygen atoms in total. The van der Waals surface area contributed by atoms with Crippen LogP contribution in [0.3, 0.4) is 0 Å². The van der Waals surface area contributed by atoms with Crippen molar-refractivity contribution < 1.29 is 14.2 Å². The van der Waals surface area contributed by atoms with Crippen molar-refractivity contribution in [2.45, 2.75) is 18.8 Å². The first kappa shape index (κ1) is 16.6. The normalized spacial score (nSPS) is 15.2. The van der Waals surface area contributed by atoms with Gasteiger partial charge in [0.05, 0.1) is 20.4 Å². The molecule has 136 valence electrons. The molecule has 0 saturated carbocycles. The average molecular weight is 355 g/mol. The third-order valence-corrected chi connectivity index (χ3v) is 4.55. The van der Waals surface area contributed by atoms with Gasteiger partial charge in [-0.3, -0.25) is 5.10 Å². The van der Waals surface area contributed by atoms with Crippen molar-refractivity contribution >= 4 is 22.5 Å². The van der Waals surface area contributed by atoms with E-state index in [1.807, 2.05) is 18.2 Å². The average Bonchev–Trinajstić information content (AvgIpc) is 3.17. The second-order valence-electron chi connectivity index (χ2n) is 6.14. The van der Waals surface area contributed by atoms with Crippen LogP contribution in [0.25, 0.3) is 11.0 Å². The zero-order valence-electron chi connectivity index (χ0n) is 14.8. The molecule has 8 heteroatoms. The van der Waals surface area contributed by atoms with Gasteiger partial charge >= 0.3 is 0 Å². The molecule has 26 heavy (non-hydrogen) atoms. The molecule has 0 unspecified atom stereocenters. The number of nitrogens with one attached hydrogen (secondary N) is 2. The standard InChI is InChI=1S/C18H21N5O3/c1-24-14-4-3-12(9-15(14)25-2)20-18-16-13(10-19-23-16)21-17(22-18)11-5-7-26-8-6-11/h3-4,9-11H,5-8H2,1-2H3,(H,19,23)(H,20,21,22). The lowest BCUT2D eigenvalue weighted by atomic mass is 9.99. The summed E-state index contributed by atoms with van der Waals surface area (Å²) < 4.78 is 16.1. The number of H-pyrrole nitrogens is 1. The van der Waals surface area contributed by atoms with E-state index >= 15 is 0 Å². The van der Waals surface area contributed by atoms with Crippen LogP contribution >= 0.6 is 0 Å². The molecule has 3 heterocycles. The molecule has 1 aromatic carbocycles. The molecule has 1 aliphatic rings. The summed E-state index contributed by atoms with van der Waals surface area (Å²) in [5, 5.41) is 10.4. The summed E-state index contributed by atoms with van der Waals surface area (Å²) in [4.78, 5) is 9.45. The molecule has 1 fully saturated rings. The van der Waals surface area contributed by atoms with Gasteiger partial charge in [0.2, 0.25) is 0 Å². The number of nitrogens with zero attached hydrogens (tertiary/aromatic N) is 3. The Hall–Kier alpha value is -2.87. The Balaban J connectivity index is 1.70. The van der Waals surface area contributed by atoms with Gasteiger partial charge in [-0.1, -0.05) is 0 Å². The molecule has 1 saturated heterocycles. The highest BCUT2D eigenvalue weighted by atomic mass is 16.5. The summed E-state index contributed by atoms with van der Waals surface area (Å²) in [7, 11) is 3.23. The lowest BCUT2D eigenvalue weighted by molar-refractivity contribution is 0.0837. The van der Waals surface area contributed by atoms with Gasteiger partial charge in [-0.05, 0) is 25.0 Å². The van der Waals surface area contributed by atoms with Crippen LogP contribution in [0.1, 0.15) is 24.6 Å². The molecule has 0 amide bonds. The van der Waals surface area contributed by atoms with Crippen LogP contribution in [0, 0.1) is 0 Å². The van der Waals surface area contributed by atoms with Gasteiger partial charge in [0, 0.05) is 30.9 Å². The Morgan fingerprint density at radius 2 is 1.92 bits per heavy atom. The molecule has 2 aromatic heterocycles. The summed E-state index contributed by atoms with van der Waals surface area (Å²) in [6, 6.07) is 5.64. The molecule has 3 aromatic rings. The zero-order valence-corrected chi connectivity index (χ0v) is 14.8. The van der Waals surface area contributed by atoms with Crippen molar-refractivity contribution in [3.8, 4) is 11.5 Å². The van der Waals surface area contributed by atoms with E-state index in [0.29, 0.717) is 23.2 Å². The number of benzene rings is 1. The Morgan fingerprint density at radius 1 is 1.12 bits per heavy atom. The van der Waals surface area contributed by atoms with Crippen molar-refractivity contribution in [2.75, 3.05) is 32.8 Å². The highest BCUT2D eigenvalue weighted by molar-refractivity contribution is 5.87. The van der Waals surface area contributed by atoms with Gasteiger partial charge in [-0.25, -0.2) is 9.97 Å². The van der Waals surface area contributed by atoms with E-state index in [0.717, 1.165) is 48.6 Å². The number of anilines is 2. The summed E-state index contributed by atoms with van der Waals surface area (Å²) in [5.41, 5.74) is 2.41. The van der Waals surface area contributed by atoms with Crippen molar-refractivity contribution in [1.29, 1.82) is 0 Å². The monoisotopic (exact) mass is 355 g/mol. The number of aromatic nitrogens is 4. The van der Waals surface area contributed by atoms with Crippen molar-refractivity contribution in [3.63, 3.8) is 0 Å². The highest BCUT2D eigenvalue weighted by Crippen LogP contribution is 2.33. The number of methoxy groups -OCH3 is 2. The van der Waals surface area contributed by atoms with Gasteiger partial charge in [0.15, 0.2) is 17.3 Å². The fourth-order valence-electron chi connectivity index (χ4n) is 3.14. The van der Waals surface area contributed by atoms with E-state index in [1.54, 1.807) is 20.4 Å². The first-order chi connectivity index (χ1) is 12.8. The van der Waals surface area contributed by atoms with E-state index in [4.69, 9.17) is 19.2 Å². The van der Waals surface area contributed by atoms with Crippen LogP contribution in [0.5, 0.6) is 11.5 Å². The van der Waals surface area contributed by atoms with Crippen LogP contribution < -0.4 is 14.8 Å². The Bertz CT molecular complexity index is 905. The van der Waals surface area contributed by atoms with Gasteiger partial charge < -0.3 is 19.5 Å². The van der Waals surface area contributed by atoms with Crippen molar-refractivity contribution in [2.24, 2.45) is 0 Å². The maximum atomic E-state index is 5.45. The second-order valence-corrected chi connectivity index (χ2v) is 6.14. The third kappa shape index (κ3) is 3.15. The molecule has 4 rings (SSSR count). The Labute approximate surface area is 150 Å². The minimum atomic E-state index is 0.300. The second kappa shape index (κ2) is 7.17. The first-order valence-corrected chi connectivity index (χ1v) is 8.56. The highest BCUT2D eigenvalue weighted by Gasteiger charge is 2.21. The molecule has 0 spiro atoms. The van der Waals surface area contributed by atoms with E-state index in [2.05, 4.69) is 20.5 Å². The molecule has 0 aliphatic carbocycles. The smallest absolute Gasteiger partial charge is 0.162 e.